The van der Waals surface area contributed by atoms with Crippen molar-refractivity contribution in [3.8, 4) is 0 Å². The molecule has 6 heteroatoms. The van der Waals surface area contributed by atoms with E-state index in [1.165, 1.54) is 0 Å². The van der Waals surface area contributed by atoms with Gasteiger partial charge in [0.1, 0.15) is 6.10 Å². The van der Waals surface area contributed by atoms with E-state index in [1.807, 2.05) is 49.4 Å². The Labute approximate surface area is 161 Å². The molecule has 3 atom stereocenters. The molecule has 0 radical (unpaired) electrons. The molecule has 0 saturated carbocycles. The summed E-state index contributed by atoms with van der Waals surface area (Å²) in [5.41, 5.74) is 5.07. The molecule has 0 aliphatic carbocycles. The number of hydrogen-bond donors (Lipinski definition) is 1. The van der Waals surface area contributed by atoms with Crippen molar-refractivity contribution in [2.24, 2.45) is 11.3 Å². The molecule has 0 spiro atoms. The van der Waals surface area contributed by atoms with Gasteiger partial charge in [-0.25, -0.2) is 8.42 Å². The van der Waals surface area contributed by atoms with Crippen molar-refractivity contribution in [3.05, 3.63) is 65.7 Å². The zero-order valence-electron chi connectivity index (χ0n) is 15.9. The van der Waals surface area contributed by atoms with Crippen LogP contribution < -0.4 is 5.48 Å². The molecule has 0 bridgehead atoms. The Bertz CT molecular complexity index is 910. The van der Waals surface area contributed by atoms with Crippen LogP contribution in [0.1, 0.15) is 31.1 Å². The number of aryl methyl sites for hydroxylation is 1. The van der Waals surface area contributed by atoms with Gasteiger partial charge in [-0.3, -0.25) is 4.84 Å². The van der Waals surface area contributed by atoms with Crippen LogP contribution in [0.4, 0.5) is 0 Å². The molecule has 144 valence electrons. The van der Waals surface area contributed by atoms with Crippen LogP contribution in [0.25, 0.3) is 0 Å². The summed E-state index contributed by atoms with van der Waals surface area (Å²) in [4.78, 5) is 6.28. The maximum Gasteiger partial charge on any atom is 0.243 e. The maximum absolute atomic E-state index is 13.3. The number of nitrogens with one attached hydrogen (secondary N) is 1. The highest BCUT2D eigenvalue weighted by atomic mass is 32.2. The maximum atomic E-state index is 13.3. The smallest absolute Gasteiger partial charge is 0.243 e. The van der Waals surface area contributed by atoms with Crippen LogP contribution in [0.2, 0.25) is 0 Å². The fourth-order valence-corrected chi connectivity index (χ4v) is 5.94. The SMILES string of the molecule is Cc1ccc(S(=O)(=O)N2C[C@@H]3[C@@H](NO[C@H]3c3ccccc3)C(C)(C)C2)cc1. The first-order chi connectivity index (χ1) is 12.8. The molecule has 5 nitrogen and oxygen atoms in total. The highest BCUT2D eigenvalue weighted by molar-refractivity contribution is 7.89. The predicted molar refractivity (Wildman–Crippen MR) is 104 cm³/mol. The average Bonchev–Trinajstić information content (AvgIpc) is 3.07. The van der Waals surface area contributed by atoms with Gasteiger partial charge in [0.05, 0.1) is 4.90 Å². The summed E-state index contributed by atoms with van der Waals surface area (Å²) in [5.74, 6) is 0.0522. The van der Waals surface area contributed by atoms with Gasteiger partial charge in [-0.05, 0) is 30.0 Å². The minimum Gasteiger partial charge on any atom is -0.293 e. The van der Waals surface area contributed by atoms with Crippen LogP contribution in [0.3, 0.4) is 0 Å². The van der Waals surface area contributed by atoms with E-state index >= 15 is 0 Å². The number of hydroxylamine groups is 1. The van der Waals surface area contributed by atoms with Gasteiger partial charge >= 0.3 is 0 Å². The van der Waals surface area contributed by atoms with E-state index in [2.05, 4.69) is 19.3 Å². The highest BCUT2D eigenvalue weighted by Crippen LogP contribution is 2.45. The molecule has 2 aliphatic rings. The van der Waals surface area contributed by atoms with Crippen molar-refractivity contribution in [1.82, 2.24) is 9.79 Å². The predicted octanol–water partition coefficient (Wildman–Crippen LogP) is 3.29. The van der Waals surface area contributed by atoms with E-state index < -0.39 is 10.0 Å². The third-order valence-electron chi connectivity index (χ3n) is 5.77. The molecule has 2 fully saturated rings. The van der Waals surface area contributed by atoms with Crippen LogP contribution in [-0.4, -0.2) is 31.9 Å². The summed E-state index contributed by atoms with van der Waals surface area (Å²) in [7, 11) is -3.54. The highest BCUT2D eigenvalue weighted by Gasteiger charge is 2.52. The monoisotopic (exact) mass is 386 g/mol. The zero-order valence-corrected chi connectivity index (χ0v) is 16.7. The molecule has 2 aromatic carbocycles. The molecule has 27 heavy (non-hydrogen) atoms. The van der Waals surface area contributed by atoms with Crippen molar-refractivity contribution in [3.63, 3.8) is 0 Å². The van der Waals surface area contributed by atoms with Gasteiger partial charge < -0.3 is 0 Å². The van der Waals surface area contributed by atoms with Crippen LogP contribution in [-0.2, 0) is 14.9 Å². The zero-order chi connectivity index (χ0) is 19.2. The summed E-state index contributed by atoms with van der Waals surface area (Å²) in [6.07, 6.45) is -0.161. The Morgan fingerprint density at radius 3 is 2.41 bits per heavy atom. The number of hydrogen-bond acceptors (Lipinski definition) is 4. The molecule has 1 N–H and O–H groups in total. The lowest BCUT2D eigenvalue weighted by atomic mass is 9.72. The van der Waals surface area contributed by atoms with Crippen LogP contribution >= 0.6 is 0 Å². The first-order valence-corrected chi connectivity index (χ1v) is 10.8. The lowest BCUT2D eigenvalue weighted by molar-refractivity contribution is 0.0125. The largest absolute Gasteiger partial charge is 0.293 e. The third-order valence-corrected chi connectivity index (χ3v) is 7.59. The molecule has 2 aliphatic heterocycles. The molecule has 0 aromatic heterocycles. The molecule has 0 unspecified atom stereocenters. The number of fused-ring (bicyclic) bond motifs is 1. The van der Waals surface area contributed by atoms with Crippen molar-refractivity contribution in [1.29, 1.82) is 0 Å². The lowest BCUT2D eigenvalue weighted by Gasteiger charge is -2.45. The minimum atomic E-state index is -3.54. The molecular weight excluding hydrogens is 360 g/mol. The van der Waals surface area contributed by atoms with Crippen LogP contribution in [0.5, 0.6) is 0 Å². The van der Waals surface area contributed by atoms with Crippen molar-refractivity contribution >= 4 is 10.0 Å². The second-order valence-electron chi connectivity index (χ2n) is 8.31. The standard InChI is InChI=1S/C21H26N2O3S/c1-15-9-11-17(12-10-15)27(24,25)23-13-18-19(16-7-5-4-6-8-16)26-22-20(18)21(2,3)14-23/h4-12,18-20,22H,13-14H2,1-3H3/t18-,19-,20+/m0/s1. The van der Waals surface area contributed by atoms with E-state index in [4.69, 9.17) is 4.84 Å². The fourth-order valence-electron chi connectivity index (χ4n) is 4.29. The normalized spacial score (nSPS) is 28.0. The first kappa shape index (κ1) is 18.6. The summed E-state index contributed by atoms with van der Waals surface area (Å²) in [5, 5.41) is 0. The molecular formula is C21H26N2O3S. The quantitative estimate of drug-likeness (QED) is 0.879. The topological polar surface area (TPSA) is 58.6 Å². The Morgan fingerprint density at radius 2 is 1.74 bits per heavy atom. The Kier molecular flexibility index (Phi) is 4.63. The van der Waals surface area contributed by atoms with Crippen molar-refractivity contribution in [2.75, 3.05) is 13.1 Å². The summed E-state index contributed by atoms with van der Waals surface area (Å²) < 4.78 is 28.2. The molecule has 2 aromatic rings. The summed E-state index contributed by atoms with van der Waals surface area (Å²) in [6, 6.07) is 17.2. The number of nitrogens with zero attached hydrogens (tertiary/aromatic N) is 1. The van der Waals surface area contributed by atoms with Gasteiger partial charge in [0.2, 0.25) is 10.0 Å². The van der Waals surface area contributed by atoms with Crippen molar-refractivity contribution in [2.45, 2.75) is 37.8 Å². The second-order valence-corrected chi connectivity index (χ2v) is 10.2. The fraction of sp³-hybridized carbons (Fsp3) is 0.429. The molecule has 2 heterocycles. The minimum absolute atomic E-state index is 0.0522. The average molecular weight is 387 g/mol. The summed E-state index contributed by atoms with van der Waals surface area (Å²) in [6.45, 7) is 7.06. The van der Waals surface area contributed by atoms with Gasteiger partial charge in [0.15, 0.2) is 0 Å². The van der Waals surface area contributed by atoms with Gasteiger partial charge in [0.25, 0.3) is 0 Å². The number of sulfonamides is 1. The Morgan fingerprint density at radius 1 is 1.07 bits per heavy atom. The van der Waals surface area contributed by atoms with E-state index in [-0.39, 0.29) is 23.5 Å². The van der Waals surface area contributed by atoms with E-state index in [0.717, 1.165) is 11.1 Å². The van der Waals surface area contributed by atoms with E-state index in [1.54, 1.807) is 16.4 Å². The first-order valence-electron chi connectivity index (χ1n) is 9.32. The van der Waals surface area contributed by atoms with Crippen LogP contribution in [0.15, 0.2) is 59.5 Å². The van der Waals surface area contributed by atoms with Gasteiger partial charge in [0, 0.05) is 25.0 Å². The Hall–Kier alpha value is -1.73. The molecule has 4 rings (SSSR count). The van der Waals surface area contributed by atoms with Crippen LogP contribution in [0, 0.1) is 18.3 Å². The number of rotatable bonds is 3. The number of benzene rings is 2. The summed E-state index contributed by atoms with van der Waals surface area (Å²) >= 11 is 0. The lowest BCUT2D eigenvalue weighted by Crippen LogP contribution is -2.57. The Balaban J connectivity index is 1.67. The third kappa shape index (κ3) is 3.31. The van der Waals surface area contributed by atoms with Gasteiger partial charge in [-0.1, -0.05) is 61.9 Å². The van der Waals surface area contributed by atoms with Gasteiger partial charge in [-0.2, -0.15) is 9.79 Å². The van der Waals surface area contributed by atoms with E-state index in [0.29, 0.717) is 18.0 Å². The number of piperidine rings is 1. The molecule has 0 amide bonds. The van der Waals surface area contributed by atoms with Gasteiger partial charge in [-0.15, -0.1) is 0 Å². The molecule has 2 saturated heterocycles. The van der Waals surface area contributed by atoms with E-state index in [9.17, 15) is 8.42 Å². The second kappa shape index (κ2) is 6.71. The van der Waals surface area contributed by atoms with Crippen molar-refractivity contribution < 1.29 is 13.3 Å².